The van der Waals surface area contributed by atoms with E-state index in [1.165, 1.54) is 0 Å². The van der Waals surface area contributed by atoms with Crippen molar-refractivity contribution in [3.63, 3.8) is 0 Å². The number of ether oxygens (including phenoxy) is 2. The van der Waals surface area contributed by atoms with E-state index in [0.29, 0.717) is 24.5 Å². The molecule has 1 aromatic rings. The molecule has 20 heavy (non-hydrogen) atoms. The van der Waals surface area contributed by atoms with E-state index >= 15 is 0 Å². The van der Waals surface area contributed by atoms with Crippen LogP contribution in [0.15, 0.2) is 0 Å². The van der Waals surface area contributed by atoms with Crippen LogP contribution in [0.5, 0.6) is 6.01 Å². The zero-order valence-corrected chi connectivity index (χ0v) is 12.8. The van der Waals surface area contributed by atoms with Crippen molar-refractivity contribution in [1.29, 1.82) is 0 Å². The predicted octanol–water partition coefficient (Wildman–Crippen LogP) is 1.93. The van der Waals surface area contributed by atoms with Crippen LogP contribution in [0.2, 0.25) is 0 Å². The van der Waals surface area contributed by atoms with E-state index in [2.05, 4.69) is 39.4 Å². The summed E-state index contributed by atoms with van der Waals surface area (Å²) in [6.07, 6.45) is 3.04. The molecular formula is C13H25N5O2. The Kier molecular flexibility index (Phi) is 7.64. The van der Waals surface area contributed by atoms with Gasteiger partial charge in [0.05, 0.1) is 19.8 Å². The maximum absolute atomic E-state index is 5.20. The van der Waals surface area contributed by atoms with Crippen LogP contribution in [-0.2, 0) is 4.74 Å². The van der Waals surface area contributed by atoms with E-state index in [4.69, 9.17) is 9.47 Å². The van der Waals surface area contributed by atoms with Gasteiger partial charge in [0.2, 0.25) is 11.9 Å². The van der Waals surface area contributed by atoms with Crippen molar-refractivity contribution in [3.8, 4) is 6.01 Å². The summed E-state index contributed by atoms with van der Waals surface area (Å²) < 4.78 is 10.3. The van der Waals surface area contributed by atoms with E-state index in [1.807, 2.05) is 0 Å². The van der Waals surface area contributed by atoms with Gasteiger partial charge in [0.25, 0.3) is 0 Å². The lowest BCUT2D eigenvalue weighted by Gasteiger charge is -2.17. The first-order chi connectivity index (χ1) is 9.73. The smallest absolute Gasteiger partial charge is 0.322 e. The standard InChI is InChI=1S/C13H25N5O2/c1-5-7-10(9-19-3)15-12-16-11(14-8-6-2)17-13(18-12)20-4/h10H,5-9H2,1-4H3,(H2,14,15,16,17,18). The van der Waals surface area contributed by atoms with Gasteiger partial charge in [0, 0.05) is 13.7 Å². The highest BCUT2D eigenvalue weighted by molar-refractivity contribution is 5.36. The van der Waals surface area contributed by atoms with E-state index in [0.717, 1.165) is 25.8 Å². The molecule has 1 atom stereocenters. The molecule has 1 heterocycles. The van der Waals surface area contributed by atoms with Gasteiger partial charge < -0.3 is 20.1 Å². The first-order valence-corrected chi connectivity index (χ1v) is 7.02. The van der Waals surface area contributed by atoms with Gasteiger partial charge in [-0.05, 0) is 12.8 Å². The summed E-state index contributed by atoms with van der Waals surface area (Å²) in [5, 5.41) is 6.40. The number of methoxy groups -OCH3 is 2. The third-order valence-corrected chi connectivity index (χ3v) is 2.67. The monoisotopic (exact) mass is 283 g/mol. The van der Waals surface area contributed by atoms with Gasteiger partial charge in [0.15, 0.2) is 0 Å². The zero-order chi connectivity index (χ0) is 14.8. The molecule has 0 amide bonds. The molecule has 0 radical (unpaired) electrons. The lowest BCUT2D eigenvalue weighted by Crippen LogP contribution is -2.26. The highest BCUT2D eigenvalue weighted by Gasteiger charge is 2.12. The molecule has 0 fully saturated rings. The van der Waals surface area contributed by atoms with E-state index in [1.54, 1.807) is 14.2 Å². The molecule has 0 saturated heterocycles. The summed E-state index contributed by atoms with van der Waals surface area (Å²) in [6, 6.07) is 0.477. The summed E-state index contributed by atoms with van der Waals surface area (Å²) in [7, 11) is 3.23. The minimum absolute atomic E-state index is 0.177. The van der Waals surface area contributed by atoms with Crippen molar-refractivity contribution in [1.82, 2.24) is 15.0 Å². The lowest BCUT2D eigenvalue weighted by atomic mass is 10.2. The molecule has 0 saturated carbocycles. The van der Waals surface area contributed by atoms with E-state index in [-0.39, 0.29) is 6.04 Å². The van der Waals surface area contributed by atoms with Crippen molar-refractivity contribution in [3.05, 3.63) is 0 Å². The fraction of sp³-hybridized carbons (Fsp3) is 0.769. The molecule has 0 aliphatic carbocycles. The van der Waals surface area contributed by atoms with Gasteiger partial charge in [-0.25, -0.2) is 0 Å². The Morgan fingerprint density at radius 3 is 2.40 bits per heavy atom. The summed E-state index contributed by atoms with van der Waals surface area (Å²) >= 11 is 0. The summed E-state index contributed by atoms with van der Waals surface area (Å²) in [5.41, 5.74) is 0. The van der Waals surface area contributed by atoms with Gasteiger partial charge in [-0.1, -0.05) is 20.3 Å². The highest BCUT2D eigenvalue weighted by atomic mass is 16.5. The maximum atomic E-state index is 5.20. The van der Waals surface area contributed by atoms with Gasteiger partial charge in [-0.2, -0.15) is 15.0 Å². The van der Waals surface area contributed by atoms with Gasteiger partial charge >= 0.3 is 6.01 Å². The first-order valence-electron chi connectivity index (χ1n) is 7.02. The second-order valence-electron chi connectivity index (χ2n) is 4.48. The fourth-order valence-electron chi connectivity index (χ4n) is 1.76. The van der Waals surface area contributed by atoms with Crippen LogP contribution in [-0.4, -0.2) is 48.4 Å². The second-order valence-corrected chi connectivity index (χ2v) is 4.48. The molecule has 2 N–H and O–H groups in total. The van der Waals surface area contributed by atoms with E-state index < -0.39 is 0 Å². The molecule has 0 aliphatic rings. The second kappa shape index (κ2) is 9.30. The molecular weight excluding hydrogens is 258 g/mol. The van der Waals surface area contributed by atoms with Crippen molar-refractivity contribution >= 4 is 11.9 Å². The Hall–Kier alpha value is -1.63. The molecule has 0 spiro atoms. The Bertz CT molecular complexity index is 383. The fourth-order valence-corrected chi connectivity index (χ4v) is 1.76. The summed E-state index contributed by atoms with van der Waals surface area (Å²) in [5.74, 6) is 1.03. The number of aromatic nitrogens is 3. The zero-order valence-electron chi connectivity index (χ0n) is 12.8. The number of hydrogen-bond donors (Lipinski definition) is 2. The van der Waals surface area contributed by atoms with Crippen LogP contribution in [0.3, 0.4) is 0 Å². The molecule has 7 heteroatoms. The van der Waals surface area contributed by atoms with E-state index in [9.17, 15) is 0 Å². The van der Waals surface area contributed by atoms with Crippen molar-refractivity contribution in [2.24, 2.45) is 0 Å². The average molecular weight is 283 g/mol. The average Bonchev–Trinajstić information content (AvgIpc) is 2.45. The Morgan fingerprint density at radius 1 is 1.05 bits per heavy atom. The SMILES string of the molecule is CCCNc1nc(NC(CCC)COC)nc(OC)n1. The minimum atomic E-state index is 0.177. The predicted molar refractivity (Wildman–Crippen MR) is 79.4 cm³/mol. The molecule has 0 bridgehead atoms. The maximum Gasteiger partial charge on any atom is 0.322 e. The largest absolute Gasteiger partial charge is 0.467 e. The third kappa shape index (κ3) is 5.56. The minimum Gasteiger partial charge on any atom is -0.467 e. The van der Waals surface area contributed by atoms with Crippen LogP contribution in [0.4, 0.5) is 11.9 Å². The van der Waals surface area contributed by atoms with Crippen molar-refractivity contribution < 1.29 is 9.47 Å². The Morgan fingerprint density at radius 2 is 1.80 bits per heavy atom. The van der Waals surface area contributed by atoms with Crippen LogP contribution in [0.25, 0.3) is 0 Å². The third-order valence-electron chi connectivity index (χ3n) is 2.67. The van der Waals surface area contributed by atoms with Crippen LogP contribution in [0.1, 0.15) is 33.1 Å². The quantitative estimate of drug-likeness (QED) is 0.679. The van der Waals surface area contributed by atoms with Crippen LogP contribution < -0.4 is 15.4 Å². The van der Waals surface area contributed by atoms with Crippen molar-refractivity contribution in [2.45, 2.75) is 39.2 Å². The normalized spacial score (nSPS) is 12.0. The molecule has 114 valence electrons. The molecule has 0 aliphatic heterocycles. The van der Waals surface area contributed by atoms with Crippen LogP contribution >= 0.6 is 0 Å². The number of nitrogens with zero attached hydrogens (tertiary/aromatic N) is 3. The molecule has 7 nitrogen and oxygen atoms in total. The molecule has 1 unspecified atom stereocenters. The van der Waals surface area contributed by atoms with Gasteiger partial charge in [-0.15, -0.1) is 0 Å². The number of nitrogens with one attached hydrogen (secondary N) is 2. The number of anilines is 2. The first kappa shape index (κ1) is 16.4. The Labute approximate surface area is 120 Å². The van der Waals surface area contributed by atoms with Gasteiger partial charge in [-0.3, -0.25) is 0 Å². The summed E-state index contributed by atoms with van der Waals surface area (Å²) in [4.78, 5) is 12.7. The molecule has 0 aromatic carbocycles. The van der Waals surface area contributed by atoms with Crippen LogP contribution in [0, 0.1) is 0 Å². The lowest BCUT2D eigenvalue weighted by molar-refractivity contribution is 0.182. The van der Waals surface area contributed by atoms with Crippen molar-refractivity contribution in [2.75, 3.05) is 38.0 Å². The van der Waals surface area contributed by atoms with Gasteiger partial charge in [0.1, 0.15) is 0 Å². The topological polar surface area (TPSA) is 81.2 Å². The highest BCUT2D eigenvalue weighted by Crippen LogP contribution is 2.13. The molecule has 1 aromatic heterocycles. The number of rotatable bonds is 10. The summed E-state index contributed by atoms with van der Waals surface area (Å²) in [6.45, 7) is 5.63. The molecule has 1 rings (SSSR count). The Balaban J connectivity index is 2.80. The number of hydrogen-bond acceptors (Lipinski definition) is 7.